The molecule has 7 nitrogen and oxygen atoms in total. The Bertz CT molecular complexity index is 1010. The van der Waals surface area contributed by atoms with Gasteiger partial charge in [-0.25, -0.2) is 4.98 Å². The summed E-state index contributed by atoms with van der Waals surface area (Å²) >= 11 is 1.07. The summed E-state index contributed by atoms with van der Waals surface area (Å²) in [4.78, 5) is 40.8. The Morgan fingerprint density at radius 1 is 1.28 bits per heavy atom. The fraction of sp³-hybridized carbons (Fsp3) is 0.176. The highest BCUT2D eigenvalue weighted by Crippen LogP contribution is 2.26. The second-order valence-electron chi connectivity index (χ2n) is 5.42. The van der Waals surface area contributed by atoms with Gasteiger partial charge in [-0.2, -0.15) is 0 Å². The fourth-order valence-electron chi connectivity index (χ4n) is 2.43. The number of rotatable bonds is 5. The molecule has 0 aliphatic rings. The van der Waals surface area contributed by atoms with Gasteiger partial charge in [0.2, 0.25) is 0 Å². The normalized spacial score (nSPS) is 10.8. The zero-order valence-corrected chi connectivity index (χ0v) is 14.2. The van der Waals surface area contributed by atoms with E-state index in [0.717, 1.165) is 16.9 Å². The average Bonchev–Trinajstić information content (AvgIpc) is 2.94. The van der Waals surface area contributed by atoms with Crippen LogP contribution in [0.15, 0.2) is 41.5 Å². The zero-order chi connectivity index (χ0) is 18.0. The number of nitrogens with zero attached hydrogens (tertiary/aromatic N) is 2. The van der Waals surface area contributed by atoms with E-state index >= 15 is 0 Å². The highest BCUT2D eigenvalue weighted by molar-refractivity contribution is 7.20. The van der Waals surface area contributed by atoms with Crippen LogP contribution in [0.1, 0.15) is 20.8 Å². The van der Waals surface area contributed by atoms with Crippen molar-refractivity contribution in [1.29, 1.82) is 0 Å². The maximum absolute atomic E-state index is 12.6. The van der Waals surface area contributed by atoms with E-state index in [4.69, 9.17) is 10.5 Å². The largest absolute Gasteiger partial charge is 0.459 e. The molecule has 2 heterocycles. The lowest BCUT2D eigenvalue weighted by atomic mass is 10.2. The van der Waals surface area contributed by atoms with E-state index in [1.807, 2.05) is 30.3 Å². The summed E-state index contributed by atoms with van der Waals surface area (Å²) in [6.07, 6.45) is 1.27. The van der Waals surface area contributed by atoms with Gasteiger partial charge in [0.05, 0.1) is 16.6 Å². The molecule has 0 aliphatic heterocycles. The molecule has 0 atom stereocenters. The van der Waals surface area contributed by atoms with Gasteiger partial charge in [-0.15, -0.1) is 11.3 Å². The maximum Gasteiger partial charge on any atom is 0.326 e. The first-order valence-electron chi connectivity index (χ1n) is 7.45. The van der Waals surface area contributed by atoms with E-state index in [1.54, 1.807) is 6.92 Å². The van der Waals surface area contributed by atoms with E-state index < -0.39 is 17.4 Å². The van der Waals surface area contributed by atoms with Crippen molar-refractivity contribution in [3.63, 3.8) is 0 Å². The van der Waals surface area contributed by atoms with Gasteiger partial charge in [0.1, 0.15) is 18.0 Å². The highest BCUT2D eigenvalue weighted by atomic mass is 32.1. The van der Waals surface area contributed by atoms with Gasteiger partial charge in [-0.3, -0.25) is 19.0 Å². The smallest absolute Gasteiger partial charge is 0.326 e. The van der Waals surface area contributed by atoms with Crippen molar-refractivity contribution >= 4 is 33.4 Å². The van der Waals surface area contributed by atoms with Crippen LogP contribution in [0.4, 0.5) is 0 Å². The molecule has 0 saturated carbocycles. The number of nitrogens with two attached hydrogens (primary N) is 1. The lowest BCUT2D eigenvalue weighted by Gasteiger charge is -2.07. The standard InChI is InChI=1S/C17H15N3O4S/c1-10-13-16(25-14(10)15(18)22)19-9-20(17(13)23)7-12(21)24-8-11-5-3-2-4-6-11/h2-6,9H,7-8H2,1H3,(H2,18,22). The number of carbonyl (C=O) groups excluding carboxylic acids is 2. The molecular weight excluding hydrogens is 342 g/mol. The number of benzene rings is 1. The third-order valence-corrected chi connectivity index (χ3v) is 4.90. The van der Waals surface area contributed by atoms with Crippen molar-refractivity contribution in [3.05, 3.63) is 63.0 Å². The van der Waals surface area contributed by atoms with Crippen LogP contribution >= 0.6 is 11.3 Å². The number of aryl methyl sites for hydroxylation is 1. The Kier molecular flexibility index (Phi) is 4.62. The quantitative estimate of drug-likeness (QED) is 0.699. The van der Waals surface area contributed by atoms with Crippen LogP contribution < -0.4 is 11.3 Å². The molecule has 0 aliphatic carbocycles. The van der Waals surface area contributed by atoms with E-state index in [0.29, 0.717) is 20.7 Å². The van der Waals surface area contributed by atoms with E-state index in [1.165, 1.54) is 10.9 Å². The maximum atomic E-state index is 12.6. The summed E-state index contributed by atoms with van der Waals surface area (Å²) in [5.74, 6) is -1.15. The number of amides is 1. The van der Waals surface area contributed by atoms with Crippen LogP contribution in [-0.4, -0.2) is 21.4 Å². The molecule has 128 valence electrons. The SMILES string of the molecule is Cc1c(C(N)=O)sc2ncn(CC(=O)OCc3ccccc3)c(=O)c12. The zero-order valence-electron chi connectivity index (χ0n) is 13.4. The van der Waals surface area contributed by atoms with Crippen LogP contribution in [0.2, 0.25) is 0 Å². The van der Waals surface area contributed by atoms with Crippen LogP contribution in [0, 0.1) is 6.92 Å². The summed E-state index contributed by atoms with van der Waals surface area (Å²) in [6.45, 7) is 1.52. The van der Waals surface area contributed by atoms with Crippen molar-refractivity contribution in [2.45, 2.75) is 20.1 Å². The molecule has 1 amide bonds. The summed E-state index contributed by atoms with van der Waals surface area (Å²) in [5, 5.41) is 0.303. The van der Waals surface area contributed by atoms with E-state index in [9.17, 15) is 14.4 Å². The van der Waals surface area contributed by atoms with Gasteiger partial charge < -0.3 is 10.5 Å². The molecule has 3 aromatic rings. The van der Waals surface area contributed by atoms with Crippen molar-refractivity contribution in [2.75, 3.05) is 0 Å². The predicted molar refractivity (Wildman–Crippen MR) is 93.4 cm³/mol. The highest BCUT2D eigenvalue weighted by Gasteiger charge is 2.18. The summed E-state index contributed by atoms with van der Waals surface area (Å²) in [5.41, 5.74) is 6.24. The van der Waals surface area contributed by atoms with Crippen molar-refractivity contribution in [3.8, 4) is 0 Å². The lowest BCUT2D eigenvalue weighted by Crippen LogP contribution is -2.25. The Hall–Kier alpha value is -3.00. The van der Waals surface area contributed by atoms with Crippen molar-refractivity contribution < 1.29 is 14.3 Å². The lowest BCUT2D eigenvalue weighted by molar-refractivity contribution is -0.145. The minimum atomic E-state index is -0.603. The molecule has 0 bridgehead atoms. The minimum absolute atomic E-state index is 0.132. The predicted octanol–water partition coefficient (Wildman–Crippen LogP) is 1.61. The Morgan fingerprint density at radius 2 is 2.00 bits per heavy atom. The molecule has 0 saturated heterocycles. The average molecular weight is 357 g/mol. The molecule has 0 radical (unpaired) electrons. The molecule has 2 aromatic heterocycles. The monoisotopic (exact) mass is 357 g/mol. The van der Waals surface area contributed by atoms with Gasteiger partial charge in [0.15, 0.2) is 0 Å². The molecule has 25 heavy (non-hydrogen) atoms. The molecule has 1 aromatic carbocycles. The molecule has 0 unspecified atom stereocenters. The molecule has 0 fully saturated rings. The van der Waals surface area contributed by atoms with E-state index in [-0.39, 0.29) is 13.2 Å². The third kappa shape index (κ3) is 3.43. The molecular formula is C17H15N3O4S. The van der Waals surface area contributed by atoms with Crippen LogP contribution in [0.25, 0.3) is 10.2 Å². The van der Waals surface area contributed by atoms with E-state index in [2.05, 4.69) is 4.98 Å². The second kappa shape index (κ2) is 6.86. The first-order chi connectivity index (χ1) is 12.0. The third-order valence-electron chi connectivity index (χ3n) is 3.68. The fourth-order valence-corrected chi connectivity index (χ4v) is 3.42. The summed E-state index contributed by atoms with van der Waals surface area (Å²) in [6, 6.07) is 9.25. The minimum Gasteiger partial charge on any atom is -0.459 e. The van der Waals surface area contributed by atoms with Crippen LogP contribution in [0.5, 0.6) is 0 Å². The molecule has 2 N–H and O–H groups in total. The topological polar surface area (TPSA) is 104 Å². The number of hydrogen-bond donors (Lipinski definition) is 1. The van der Waals surface area contributed by atoms with Gasteiger partial charge >= 0.3 is 5.97 Å². The van der Waals surface area contributed by atoms with Gasteiger partial charge in [-0.1, -0.05) is 30.3 Å². The van der Waals surface area contributed by atoms with Crippen molar-refractivity contribution in [1.82, 2.24) is 9.55 Å². The number of thiophene rings is 1. The van der Waals surface area contributed by atoms with Crippen LogP contribution in [0.3, 0.4) is 0 Å². The van der Waals surface area contributed by atoms with Gasteiger partial charge in [-0.05, 0) is 18.1 Å². The summed E-state index contributed by atoms with van der Waals surface area (Å²) in [7, 11) is 0. The summed E-state index contributed by atoms with van der Waals surface area (Å²) < 4.78 is 6.34. The second-order valence-corrected chi connectivity index (χ2v) is 6.42. The number of hydrogen-bond acceptors (Lipinski definition) is 6. The van der Waals surface area contributed by atoms with Gasteiger partial charge in [0.25, 0.3) is 11.5 Å². The Morgan fingerprint density at radius 3 is 2.68 bits per heavy atom. The number of esters is 1. The first-order valence-corrected chi connectivity index (χ1v) is 8.27. The van der Waals surface area contributed by atoms with Crippen molar-refractivity contribution in [2.24, 2.45) is 5.73 Å². The number of ether oxygens (including phenoxy) is 1. The number of primary amides is 1. The number of carbonyl (C=O) groups is 2. The first kappa shape index (κ1) is 16.8. The van der Waals surface area contributed by atoms with Gasteiger partial charge in [0, 0.05) is 0 Å². The molecule has 3 rings (SSSR count). The number of aromatic nitrogens is 2. The van der Waals surface area contributed by atoms with Crippen LogP contribution in [-0.2, 0) is 22.7 Å². The Balaban J connectivity index is 1.81. The number of fused-ring (bicyclic) bond motifs is 1. The Labute approximate surface area is 146 Å². The molecule has 8 heteroatoms. The molecule has 0 spiro atoms.